The lowest BCUT2D eigenvalue weighted by Crippen LogP contribution is -2.37. The second-order valence-electron chi connectivity index (χ2n) is 6.67. The normalized spacial score (nSPS) is 11.1. The summed E-state index contributed by atoms with van der Waals surface area (Å²) in [5, 5.41) is 10.2. The van der Waals surface area contributed by atoms with Crippen molar-refractivity contribution in [1.29, 1.82) is 0 Å². The number of amides is 1. The molecule has 0 saturated carbocycles. The van der Waals surface area contributed by atoms with E-state index in [2.05, 4.69) is 25.9 Å². The Balaban J connectivity index is 0.00000320. The Bertz CT molecular complexity index is 1020. The van der Waals surface area contributed by atoms with Gasteiger partial charge in [0.05, 0.1) is 0 Å². The Morgan fingerprint density at radius 3 is 2.73 bits per heavy atom. The van der Waals surface area contributed by atoms with E-state index in [0.717, 1.165) is 28.5 Å². The van der Waals surface area contributed by atoms with Gasteiger partial charge in [0.1, 0.15) is 5.82 Å². The second kappa shape index (κ2) is 11.5. The Kier molecular flexibility index (Phi) is 9.10. The zero-order valence-corrected chi connectivity index (χ0v) is 19.4. The van der Waals surface area contributed by atoms with E-state index in [1.165, 1.54) is 6.07 Å². The maximum atomic E-state index is 13.5. The number of hydrogen-bond acceptors (Lipinski definition) is 2. The van der Waals surface area contributed by atoms with Gasteiger partial charge in [-0.2, -0.15) is 0 Å². The molecule has 3 aromatic rings. The monoisotopic (exact) mass is 523 g/mol. The minimum Gasteiger partial charge on any atom is -0.361 e. The predicted octanol–water partition coefficient (Wildman–Crippen LogP) is 3.58. The standard InChI is InChI=1S/C22H26FN5O.HI/c1-3-25-21(29)16-6-4-5-15(11-16)13-28-22(24-2)26-10-9-17-14-27-20-8-7-18(23)12-19(17)20;/h4-8,11-12,14,27H,3,9-10,13H2,1-2H3,(H,25,29)(H2,24,26,28);1H. The highest BCUT2D eigenvalue weighted by atomic mass is 127. The van der Waals surface area contributed by atoms with Gasteiger partial charge in [0.2, 0.25) is 0 Å². The number of carbonyl (C=O) groups is 1. The molecular weight excluding hydrogens is 496 g/mol. The molecule has 2 aromatic carbocycles. The molecule has 0 aliphatic heterocycles. The molecular formula is C22H27FIN5O. The lowest BCUT2D eigenvalue weighted by atomic mass is 10.1. The summed E-state index contributed by atoms with van der Waals surface area (Å²) in [4.78, 5) is 19.4. The highest BCUT2D eigenvalue weighted by molar-refractivity contribution is 14.0. The van der Waals surface area contributed by atoms with Crippen LogP contribution < -0.4 is 16.0 Å². The number of nitrogens with zero attached hydrogens (tertiary/aromatic N) is 1. The van der Waals surface area contributed by atoms with E-state index in [1.807, 2.05) is 31.3 Å². The Morgan fingerprint density at radius 1 is 1.13 bits per heavy atom. The van der Waals surface area contributed by atoms with Crippen molar-refractivity contribution >= 4 is 46.7 Å². The van der Waals surface area contributed by atoms with Gasteiger partial charge in [0, 0.05) is 49.3 Å². The summed E-state index contributed by atoms with van der Waals surface area (Å²) in [7, 11) is 1.71. The fraction of sp³-hybridized carbons (Fsp3) is 0.273. The third kappa shape index (κ3) is 6.19. The molecule has 0 radical (unpaired) electrons. The van der Waals surface area contributed by atoms with Crippen LogP contribution in [0.25, 0.3) is 10.9 Å². The lowest BCUT2D eigenvalue weighted by Gasteiger charge is -2.12. The minimum atomic E-state index is -0.237. The van der Waals surface area contributed by atoms with Crippen LogP contribution in [-0.2, 0) is 13.0 Å². The molecule has 8 heteroatoms. The number of halogens is 2. The van der Waals surface area contributed by atoms with Crippen LogP contribution >= 0.6 is 24.0 Å². The van der Waals surface area contributed by atoms with Crippen molar-refractivity contribution < 1.29 is 9.18 Å². The van der Waals surface area contributed by atoms with Gasteiger partial charge in [0.15, 0.2) is 5.96 Å². The summed E-state index contributed by atoms with van der Waals surface area (Å²) in [5.41, 5.74) is 3.61. The fourth-order valence-corrected chi connectivity index (χ4v) is 3.16. The predicted molar refractivity (Wildman–Crippen MR) is 130 cm³/mol. The molecule has 0 atom stereocenters. The second-order valence-corrected chi connectivity index (χ2v) is 6.67. The number of fused-ring (bicyclic) bond motifs is 1. The average molecular weight is 523 g/mol. The summed E-state index contributed by atoms with van der Waals surface area (Å²) < 4.78 is 13.5. The van der Waals surface area contributed by atoms with Gasteiger partial charge in [-0.3, -0.25) is 9.79 Å². The lowest BCUT2D eigenvalue weighted by molar-refractivity contribution is 0.0955. The van der Waals surface area contributed by atoms with E-state index in [-0.39, 0.29) is 35.7 Å². The van der Waals surface area contributed by atoms with Crippen LogP contribution in [0, 0.1) is 5.82 Å². The van der Waals surface area contributed by atoms with Crippen LogP contribution in [0.5, 0.6) is 0 Å². The van der Waals surface area contributed by atoms with Crippen molar-refractivity contribution in [2.45, 2.75) is 19.9 Å². The molecule has 0 bridgehead atoms. The number of nitrogens with one attached hydrogen (secondary N) is 4. The van der Waals surface area contributed by atoms with E-state index in [1.54, 1.807) is 25.2 Å². The molecule has 1 heterocycles. The Hall–Kier alpha value is -2.62. The number of hydrogen-bond donors (Lipinski definition) is 4. The Labute approximate surface area is 192 Å². The molecule has 1 amide bonds. The first-order valence-electron chi connectivity index (χ1n) is 9.68. The number of aliphatic imine (C=N–C) groups is 1. The largest absolute Gasteiger partial charge is 0.361 e. The van der Waals surface area contributed by atoms with Crippen molar-refractivity contribution in [1.82, 2.24) is 20.9 Å². The van der Waals surface area contributed by atoms with Crippen molar-refractivity contribution in [3.63, 3.8) is 0 Å². The number of aromatic nitrogens is 1. The van der Waals surface area contributed by atoms with Crippen LogP contribution in [0.15, 0.2) is 53.7 Å². The van der Waals surface area contributed by atoms with Gasteiger partial charge < -0.3 is 20.9 Å². The van der Waals surface area contributed by atoms with Crippen LogP contribution in [0.2, 0.25) is 0 Å². The van der Waals surface area contributed by atoms with Gasteiger partial charge in [0.25, 0.3) is 5.91 Å². The van der Waals surface area contributed by atoms with Gasteiger partial charge in [-0.25, -0.2) is 4.39 Å². The van der Waals surface area contributed by atoms with Crippen LogP contribution in [0.3, 0.4) is 0 Å². The SMILES string of the molecule is CCNC(=O)c1cccc(CNC(=NC)NCCc2c[nH]c3ccc(F)cc23)c1.I. The molecule has 0 aliphatic rings. The summed E-state index contributed by atoms with van der Waals surface area (Å²) >= 11 is 0. The summed E-state index contributed by atoms with van der Waals surface area (Å²) in [5.74, 6) is 0.352. The third-order valence-corrected chi connectivity index (χ3v) is 4.63. The first kappa shape index (κ1) is 23.7. The molecule has 3 rings (SSSR count). The molecule has 160 valence electrons. The fourth-order valence-electron chi connectivity index (χ4n) is 3.16. The smallest absolute Gasteiger partial charge is 0.251 e. The summed E-state index contributed by atoms with van der Waals surface area (Å²) in [6.07, 6.45) is 2.64. The van der Waals surface area contributed by atoms with Gasteiger partial charge >= 0.3 is 0 Å². The number of benzene rings is 2. The molecule has 0 saturated heterocycles. The number of H-pyrrole nitrogens is 1. The topological polar surface area (TPSA) is 81.3 Å². The number of guanidine groups is 1. The molecule has 0 fully saturated rings. The zero-order chi connectivity index (χ0) is 20.6. The number of rotatable bonds is 7. The van der Waals surface area contributed by atoms with Crippen molar-refractivity contribution in [3.05, 3.63) is 71.2 Å². The van der Waals surface area contributed by atoms with Gasteiger partial charge in [-0.05, 0) is 54.8 Å². The summed E-state index contributed by atoms with van der Waals surface area (Å²) in [6, 6.07) is 12.2. The Morgan fingerprint density at radius 2 is 1.97 bits per heavy atom. The number of carbonyl (C=O) groups excluding carboxylic acids is 1. The molecule has 6 nitrogen and oxygen atoms in total. The molecule has 30 heavy (non-hydrogen) atoms. The highest BCUT2D eigenvalue weighted by Gasteiger charge is 2.07. The maximum Gasteiger partial charge on any atom is 0.251 e. The van der Waals surface area contributed by atoms with Crippen molar-refractivity contribution in [3.8, 4) is 0 Å². The third-order valence-electron chi connectivity index (χ3n) is 4.63. The van der Waals surface area contributed by atoms with E-state index < -0.39 is 0 Å². The molecule has 0 aliphatic carbocycles. The minimum absolute atomic E-state index is 0. The molecule has 1 aromatic heterocycles. The maximum absolute atomic E-state index is 13.5. The molecule has 4 N–H and O–H groups in total. The first-order chi connectivity index (χ1) is 14.1. The number of aromatic amines is 1. The average Bonchev–Trinajstić information content (AvgIpc) is 3.13. The van der Waals surface area contributed by atoms with Gasteiger partial charge in [-0.1, -0.05) is 12.1 Å². The summed E-state index contributed by atoms with van der Waals surface area (Å²) in [6.45, 7) is 3.69. The van der Waals surface area contributed by atoms with Crippen LogP contribution in [0.4, 0.5) is 4.39 Å². The van der Waals surface area contributed by atoms with Crippen molar-refractivity contribution in [2.75, 3.05) is 20.1 Å². The zero-order valence-electron chi connectivity index (χ0n) is 17.1. The van der Waals surface area contributed by atoms with E-state index >= 15 is 0 Å². The molecule has 0 spiro atoms. The highest BCUT2D eigenvalue weighted by Crippen LogP contribution is 2.19. The van der Waals surface area contributed by atoms with E-state index in [9.17, 15) is 9.18 Å². The van der Waals surface area contributed by atoms with E-state index in [0.29, 0.717) is 31.2 Å². The van der Waals surface area contributed by atoms with Crippen molar-refractivity contribution in [2.24, 2.45) is 4.99 Å². The van der Waals surface area contributed by atoms with E-state index in [4.69, 9.17) is 0 Å². The van der Waals surface area contributed by atoms with Crippen LogP contribution in [0.1, 0.15) is 28.4 Å². The first-order valence-corrected chi connectivity index (χ1v) is 9.68. The van der Waals surface area contributed by atoms with Crippen LogP contribution in [-0.4, -0.2) is 37.0 Å². The van der Waals surface area contributed by atoms with Gasteiger partial charge in [-0.15, -0.1) is 24.0 Å². The molecule has 0 unspecified atom stereocenters. The quantitative estimate of drug-likeness (QED) is 0.217.